The third-order valence-corrected chi connectivity index (χ3v) is 4.99. The lowest BCUT2D eigenvalue weighted by Gasteiger charge is -2.15. The zero-order valence-corrected chi connectivity index (χ0v) is 11.7. The van der Waals surface area contributed by atoms with Crippen LogP contribution in [0.3, 0.4) is 0 Å². The molecule has 0 bridgehead atoms. The number of aryl methyl sites for hydroxylation is 1. The maximum absolute atomic E-state index is 12.1. The Morgan fingerprint density at radius 1 is 1.41 bits per heavy atom. The molecule has 0 heterocycles. The number of methoxy groups -OCH3 is 1. The molecule has 0 aromatic heterocycles. The Morgan fingerprint density at radius 2 is 2.00 bits per heavy atom. The molecule has 0 aliphatic carbocycles. The van der Waals surface area contributed by atoms with Gasteiger partial charge in [-0.25, -0.2) is 8.42 Å². The second-order valence-corrected chi connectivity index (χ2v) is 6.20. The minimum atomic E-state index is -3.46. The maximum atomic E-state index is 12.1. The molecule has 17 heavy (non-hydrogen) atoms. The molecule has 1 rings (SSSR count). The van der Waals surface area contributed by atoms with Gasteiger partial charge >= 0.3 is 0 Å². The van der Waals surface area contributed by atoms with Gasteiger partial charge in [0, 0.05) is 11.6 Å². The van der Waals surface area contributed by atoms with Crippen molar-refractivity contribution in [3.8, 4) is 5.75 Å². The van der Waals surface area contributed by atoms with Gasteiger partial charge in [-0.3, -0.25) is 0 Å². The molecule has 0 unspecified atom stereocenters. The first-order chi connectivity index (χ1) is 7.85. The number of halogens is 1. The molecule has 0 saturated carbocycles. The van der Waals surface area contributed by atoms with Gasteiger partial charge in [-0.15, -0.1) is 0 Å². The maximum Gasteiger partial charge on any atom is 0.183 e. The van der Waals surface area contributed by atoms with Gasteiger partial charge in [0.25, 0.3) is 0 Å². The van der Waals surface area contributed by atoms with Crippen molar-refractivity contribution in [1.82, 2.24) is 0 Å². The second-order valence-electron chi connectivity index (χ2n) is 3.77. The second kappa shape index (κ2) is 5.25. The minimum absolute atomic E-state index is 0.0659. The van der Waals surface area contributed by atoms with E-state index in [1.165, 1.54) is 7.11 Å². The molecule has 2 N–H and O–H groups in total. The van der Waals surface area contributed by atoms with Crippen LogP contribution in [0.1, 0.15) is 11.1 Å². The van der Waals surface area contributed by atoms with Crippen LogP contribution < -0.4 is 10.5 Å². The van der Waals surface area contributed by atoms with Crippen molar-refractivity contribution in [3.63, 3.8) is 0 Å². The number of ether oxygens (including phenoxy) is 1. The van der Waals surface area contributed by atoms with E-state index in [1.807, 2.05) is 0 Å². The van der Waals surface area contributed by atoms with Crippen molar-refractivity contribution >= 4 is 21.4 Å². The third kappa shape index (κ3) is 2.73. The van der Waals surface area contributed by atoms with Crippen molar-refractivity contribution in [2.75, 3.05) is 19.4 Å². The van der Waals surface area contributed by atoms with E-state index in [4.69, 9.17) is 22.1 Å². The molecule has 0 atom stereocenters. The normalized spacial score (nSPS) is 11.6. The Bertz CT molecular complexity index is 526. The van der Waals surface area contributed by atoms with Crippen molar-refractivity contribution in [1.29, 1.82) is 0 Å². The Hall–Kier alpha value is -0.780. The lowest BCUT2D eigenvalue weighted by molar-refractivity contribution is 0.401. The molecule has 1 aromatic rings. The van der Waals surface area contributed by atoms with Crippen LogP contribution in [-0.4, -0.2) is 27.8 Å². The highest BCUT2D eigenvalue weighted by molar-refractivity contribution is 7.91. The molecular formula is C11H16ClNO3S. The summed E-state index contributed by atoms with van der Waals surface area (Å²) in [6.07, 6.45) is 0. The van der Waals surface area contributed by atoms with Gasteiger partial charge in [-0.1, -0.05) is 11.6 Å². The minimum Gasteiger partial charge on any atom is -0.495 e. The molecule has 0 amide bonds. The molecule has 0 fully saturated rings. The van der Waals surface area contributed by atoms with E-state index < -0.39 is 9.84 Å². The molecule has 0 aliphatic heterocycles. The first kappa shape index (κ1) is 14.3. The monoisotopic (exact) mass is 277 g/mol. The van der Waals surface area contributed by atoms with Crippen molar-refractivity contribution in [2.45, 2.75) is 18.7 Å². The van der Waals surface area contributed by atoms with Gasteiger partial charge in [-0.2, -0.15) is 0 Å². The molecule has 0 spiro atoms. The lowest BCUT2D eigenvalue weighted by Crippen LogP contribution is -2.17. The first-order valence-corrected chi connectivity index (χ1v) is 7.14. The number of hydrogen-bond acceptors (Lipinski definition) is 4. The summed E-state index contributed by atoms with van der Waals surface area (Å²) in [6, 6.07) is 1.62. The highest BCUT2D eigenvalue weighted by Crippen LogP contribution is 2.35. The highest BCUT2D eigenvalue weighted by Gasteiger charge is 2.24. The van der Waals surface area contributed by atoms with E-state index in [0.29, 0.717) is 16.3 Å². The van der Waals surface area contributed by atoms with Gasteiger partial charge in [0.2, 0.25) is 0 Å². The fourth-order valence-corrected chi connectivity index (χ4v) is 3.44. The third-order valence-electron chi connectivity index (χ3n) is 2.50. The largest absolute Gasteiger partial charge is 0.495 e. The van der Waals surface area contributed by atoms with Crippen LogP contribution in [0.4, 0.5) is 0 Å². The van der Waals surface area contributed by atoms with Crippen molar-refractivity contribution < 1.29 is 13.2 Å². The van der Waals surface area contributed by atoms with Crippen LogP contribution >= 0.6 is 11.6 Å². The van der Waals surface area contributed by atoms with Crippen LogP contribution in [-0.2, 0) is 9.84 Å². The number of rotatable bonds is 4. The molecule has 96 valence electrons. The predicted molar refractivity (Wildman–Crippen MR) is 68.6 cm³/mol. The first-order valence-electron chi connectivity index (χ1n) is 5.11. The Balaban J connectivity index is 3.57. The summed E-state index contributed by atoms with van der Waals surface area (Å²) in [4.78, 5) is 0.140. The van der Waals surface area contributed by atoms with E-state index >= 15 is 0 Å². The Labute approximate surface area is 107 Å². The predicted octanol–water partition coefficient (Wildman–Crippen LogP) is 1.70. The molecular weight excluding hydrogens is 262 g/mol. The van der Waals surface area contributed by atoms with Crippen LogP contribution in [0, 0.1) is 13.8 Å². The van der Waals surface area contributed by atoms with Gasteiger partial charge in [0.1, 0.15) is 10.6 Å². The summed E-state index contributed by atoms with van der Waals surface area (Å²) in [7, 11) is -2.02. The fourth-order valence-electron chi connectivity index (χ4n) is 1.70. The molecule has 6 heteroatoms. The van der Waals surface area contributed by atoms with Crippen LogP contribution in [0.5, 0.6) is 5.75 Å². The van der Waals surface area contributed by atoms with Crippen LogP contribution in [0.15, 0.2) is 11.0 Å². The number of sulfone groups is 1. The molecule has 0 aliphatic rings. The summed E-state index contributed by atoms with van der Waals surface area (Å²) < 4.78 is 29.3. The van der Waals surface area contributed by atoms with E-state index in [9.17, 15) is 8.42 Å². The van der Waals surface area contributed by atoms with E-state index in [0.717, 1.165) is 5.56 Å². The molecule has 4 nitrogen and oxygen atoms in total. The van der Waals surface area contributed by atoms with Gasteiger partial charge < -0.3 is 10.5 Å². The average molecular weight is 278 g/mol. The number of hydrogen-bond donors (Lipinski definition) is 1. The van der Waals surface area contributed by atoms with Crippen LogP contribution in [0.25, 0.3) is 0 Å². The van der Waals surface area contributed by atoms with Crippen molar-refractivity contribution in [3.05, 3.63) is 22.2 Å². The number of nitrogens with two attached hydrogens (primary N) is 1. The quantitative estimate of drug-likeness (QED) is 0.909. The fraction of sp³-hybridized carbons (Fsp3) is 0.455. The van der Waals surface area contributed by atoms with E-state index in [1.54, 1.807) is 19.9 Å². The smallest absolute Gasteiger partial charge is 0.183 e. The van der Waals surface area contributed by atoms with E-state index in [2.05, 4.69) is 0 Å². The Morgan fingerprint density at radius 3 is 2.47 bits per heavy atom. The average Bonchev–Trinajstić information content (AvgIpc) is 2.24. The standard InChI is InChI=1S/C11H16ClNO3S/c1-7-6-9(16-3)11(8(2)10(7)12)17(14,15)5-4-13/h6H,4-5,13H2,1-3H3. The summed E-state index contributed by atoms with van der Waals surface area (Å²) in [5.41, 5.74) is 6.60. The SMILES string of the molecule is COc1cc(C)c(Cl)c(C)c1S(=O)(=O)CCN. The summed E-state index contributed by atoms with van der Waals surface area (Å²) >= 11 is 6.07. The number of benzene rings is 1. The zero-order valence-electron chi connectivity index (χ0n) is 10.1. The van der Waals surface area contributed by atoms with E-state index in [-0.39, 0.29) is 17.2 Å². The molecule has 0 radical (unpaired) electrons. The summed E-state index contributed by atoms with van der Waals surface area (Å²) in [5.74, 6) is 0.196. The summed E-state index contributed by atoms with van der Waals surface area (Å²) in [5, 5.41) is 0.446. The zero-order chi connectivity index (χ0) is 13.2. The summed E-state index contributed by atoms with van der Waals surface area (Å²) in [6.45, 7) is 3.54. The Kier molecular flexibility index (Phi) is 4.41. The van der Waals surface area contributed by atoms with Gasteiger partial charge in [-0.05, 0) is 31.0 Å². The van der Waals surface area contributed by atoms with Gasteiger partial charge in [0.15, 0.2) is 9.84 Å². The molecule has 1 aromatic carbocycles. The topological polar surface area (TPSA) is 69.4 Å². The van der Waals surface area contributed by atoms with Crippen LogP contribution in [0.2, 0.25) is 5.02 Å². The van der Waals surface area contributed by atoms with Crippen molar-refractivity contribution in [2.24, 2.45) is 5.73 Å². The van der Waals surface area contributed by atoms with Gasteiger partial charge in [0.05, 0.1) is 12.9 Å². The molecule has 0 saturated heterocycles. The highest BCUT2D eigenvalue weighted by atomic mass is 35.5. The lowest BCUT2D eigenvalue weighted by atomic mass is 10.1.